The van der Waals surface area contributed by atoms with E-state index in [1.807, 2.05) is 0 Å². The predicted octanol–water partition coefficient (Wildman–Crippen LogP) is 7.54. The van der Waals surface area contributed by atoms with Crippen LogP contribution >= 0.6 is 0 Å². The molecule has 2 aromatic heterocycles. The van der Waals surface area contributed by atoms with Crippen molar-refractivity contribution in [1.29, 1.82) is 0 Å². The molecule has 5 aromatic carbocycles. The molecule has 196 valence electrons. The molecule has 3 aliphatic rings. The Hall–Kier alpha value is -5.22. The zero-order valence-electron chi connectivity index (χ0n) is 23.0. The first kappa shape index (κ1) is 22.5. The van der Waals surface area contributed by atoms with E-state index in [4.69, 9.17) is 0 Å². The van der Waals surface area contributed by atoms with Gasteiger partial charge in [0.1, 0.15) is 0 Å². The topological polar surface area (TPSA) is 13.1 Å². The SMILES string of the molecule is C1=CC(n2c3c(c4ccccc42)N(c2ccccc2)c2ccc4c5ccccc5n5c4c2B3c2ccccc2-5)=CCC1. The minimum Gasteiger partial charge on any atom is -0.320 e. The van der Waals surface area contributed by atoms with Crippen LogP contribution in [0.5, 0.6) is 0 Å². The summed E-state index contributed by atoms with van der Waals surface area (Å²) in [7, 11) is 0. The summed E-state index contributed by atoms with van der Waals surface area (Å²) in [6, 6.07) is 42.6. The summed E-state index contributed by atoms with van der Waals surface area (Å²) < 4.78 is 5.09. The molecule has 0 atom stereocenters. The fourth-order valence-electron chi connectivity index (χ4n) is 7.93. The van der Waals surface area contributed by atoms with Gasteiger partial charge < -0.3 is 14.0 Å². The smallest absolute Gasteiger partial charge is 0.273 e. The van der Waals surface area contributed by atoms with Gasteiger partial charge in [0.2, 0.25) is 0 Å². The summed E-state index contributed by atoms with van der Waals surface area (Å²) in [6.07, 6.45) is 9.22. The first-order chi connectivity index (χ1) is 20.9. The quantitative estimate of drug-likeness (QED) is 0.209. The zero-order chi connectivity index (χ0) is 27.4. The van der Waals surface area contributed by atoms with Crippen LogP contribution in [-0.4, -0.2) is 15.8 Å². The van der Waals surface area contributed by atoms with E-state index in [1.165, 1.54) is 77.7 Å². The van der Waals surface area contributed by atoms with E-state index in [0.29, 0.717) is 0 Å². The monoisotopic (exact) mass is 535 g/mol. The average molecular weight is 535 g/mol. The lowest BCUT2D eigenvalue weighted by molar-refractivity contribution is 1.02. The number of hydrogen-bond acceptors (Lipinski definition) is 1. The third-order valence-electron chi connectivity index (χ3n) is 9.50. The number of hydrogen-bond donors (Lipinski definition) is 0. The van der Waals surface area contributed by atoms with Gasteiger partial charge in [0, 0.05) is 44.5 Å². The molecule has 1 aliphatic carbocycles. The fraction of sp³-hybridized carbons (Fsp3) is 0.0526. The van der Waals surface area contributed by atoms with Crippen molar-refractivity contribution in [1.82, 2.24) is 9.13 Å². The molecule has 0 radical (unpaired) electrons. The molecule has 0 unspecified atom stereocenters. The van der Waals surface area contributed by atoms with E-state index >= 15 is 0 Å². The summed E-state index contributed by atoms with van der Waals surface area (Å²) in [6.45, 7) is 0.0929. The van der Waals surface area contributed by atoms with Gasteiger partial charge in [-0.2, -0.15) is 0 Å². The zero-order valence-corrected chi connectivity index (χ0v) is 23.0. The Morgan fingerprint density at radius 3 is 2.14 bits per heavy atom. The van der Waals surface area contributed by atoms with Gasteiger partial charge in [-0.3, -0.25) is 0 Å². The van der Waals surface area contributed by atoms with Crippen molar-refractivity contribution >= 4 is 78.7 Å². The minimum atomic E-state index is 0.0929. The molecular formula is C38H26BN3. The molecule has 0 fully saturated rings. The van der Waals surface area contributed by atoms with Crippen LogP contribution in [0.15, 0.2) is 133 Å². The van der Waals surface area contributed by atoms with E-state index in [9.17, 15) is 0 Å². The standard InChI is InChI=1S/C38H26BN3/c1-3-13-25(14-4-1)40-34-24-23-28-27-17-7-10-20-31(27)42-33-22-12-9-19-30(33)39(35(34)36(28)42)38-37(40)29-18-8-11-21-32(29)41(38)26-15-5-2-6-16-26/h1,3-5,7-24H,2,6H2. The van der Waals surface area contributed by atoms with Crippen LogP contribution < -0.4 is 21.4 Å². The number of para-hydroxylation sites is 4. The first-order valence-electron chi connectivity index (χ1n) is 14.9. The molecular weight excluding hydrogens is 509 g/mol. The molecule has 0 saturated carbocycles. The molecule has 0 amide bonds. The van der Waals surface area contributed by atoms with E-state index in [0.717, 1.165) is 12.8 Å². The third kappa shape index (κ3) is 2.72. The van der Waals surface area contributed by atoms with Crippen molar-refractivity contribution in [3.63, 3.8) is 0 Å². The van der Waals surface area contributed by atoms with Crippen molar-refractivity contribution in [3.05, 3.63) is 133 Å². The lowest BCUT2D eigenvalue weighted by Gasteiger charge is -2.39. The van der Waals surface area contributed by atoms with Crippen molar-refractivity contribution in [2.75, 3.05) is 4.90 Å². The molecule has 4 heteroatoms. The van der Waals surface area contributed by atoms with Crippen LogP contribution in [0, 0.1) is 0 Å². The molecule has 0 N–H and O–H groups in total. The lowest BCUT2D eigenvalue weighted by atomic mass is 9.35. The van der Waals surface area contributed by atoms with Crippen LogP contribution in [-0.2, 0) is 0 Å². The van der Waals surface area contributed by atoms with Gasteiger partial charge in [0.05, 0.1) is 22.2 Å². The van der Waals surface area contributed by atoms with Crippen LogP contribution in [0.25, 0.3) is 44.1 Å². The second-order valence-corrected chi connectivity index (χ2v) is 11.6. The van der Waals surface area contributed by atoms with Crippen molar-refractivity contribution in [2.24, 2.45) is 0 Å². The van der Waals surface area contributed by atoms with Gasteiger partial charge in [0.25, 0.3) is 6.71 Å². The summed E-state index contributed by atoms with van der Waals surface area (Å²) in [4.78, 5) is 2.53. The maximum Gasteiger partial charge on any atom is 0.273 e. The Labute approximate surface area is 244 Å². The Bertz CT molecular complexity index is 2320. The van der Waals surface area contributed by atoms with Gasteiger partial charge in [-0.15, -0.1) is 0 Å². The number of aromatic nitrogens is 2. The minimum absolute atomic E-state index is 0.0929. The molecule has 3 nitrogen and oxygen atoms in total. The molecule has 42 heavy (non-hydrogen) atoms. The fourth-order valence-corrected chi connectivity index (χ4v) is 7.93. The predicted molar refractivity (Wildman–Crippen MR) is 178 cm³/mol. The summed E-state index contributed by atoms with van der Waals surface area (Å²) in [5, 5.41) is 3.91. The van der Waals surface area contributed by atoms with Crippen LogP contribution in [0.4, 0.5) is 17.1 Å². The highest BCUT2D eigenvalue weighted by Crippen LogP contribution is 2.45. The van der Waals surface area contributed by atoms with Gasteiger partial charge in [-0.1, -0.05) is 91.0 Å². The van der Waals surface area contributed by atoms with Gasteiger partial charge >= 0.3 is 0 Å². The van der Waals surface area contributed by atoms with Gasteiger partial charge in [-0.25, -0.2) is 0 Å². The maximum absolute atomic E-state index is 2.57. The molecule has 0 bridgehead atoms. The Morgan fingerprint density at radius 2 is 1.31 bits per heavy atom. The van der Waals surface area contributed by atoms with E-state index < -0.39 is 0 Å². The molecule has 10 rings (SSSR count). The Kier molecular flexibility index (Phi) is 4.37. The summed E-state index contributed by atoms with van der Waals surface area (Å²) in [5.74, 6) is 0. The molecule has 0 spiro atoms. The molecule has 4 heterocycles. The first-order valence-corrected chi connectivity index (χ1v) is 14.9. The summed E-state index contributed by atoms with van der Waals surface area (Å²) >= 11 is 0. The Balaban J connectivity index is 1.46. The van der Waals surface area contributed by atoms with Crippen molar-refractivity contribution in [3.8, 4) is 5.69 Å². The van der Waals surface area contributed by atoms with Crippen LogP contribution in [0.3, 0.4) is 0 Å². The van der Waals surface area contributed by atoms with Crippen molar-refractivity contribution in [2.45, 2.75) is 12.8 Å². The number of anilines is 3. The number of nitrogens with zero attached hydrogens (tertiary/aromatic N) is 3. The second-order valence-electron chi connectivity index (χ2n) is 11.6. The maximum atomic E-state index is 2.57. The third-order valence-corrected chi connectivity index (χ3v) is 9.50. The van der Waals surface area contributed by atoms with Gasteiger partial charge in [-0.05, 0) is 66.2 Å². The number of allylic oxidation sites excluding steroid dienone is 4. The number of benzene rings is 5. The lowest BCUT2D eigenvalue weighted by Crippen LogP contribution is -2.62. The highest BCUT2D eigenvalue weighted by Gasteiger charge is 2.45. The largest absolute Gasteiger partial charge is 0.320 e. The van der Waals surface area contributed by atoms with E-state index in [-0.39, 0.29) is 6.71 Å². The van der Waals surface area contributed by atoms with Gasteiger partial charge in [0.15, 0.2) is 0 Å². The Morgan fingerprint density at radius 1 is 0.571 bits per heavy atom. The second kappa shape index (κ2) is 8.17. The normalized spacial score (nSPS) is 14.9. The highest BCUT2D eigenvalue weighted by molar-refractivity contribution is 7.00. The van der Waals surface area contributed by atoms with Crippen LogP contribution in [0.1, 0.15) is 12.8 Å². The van der Waals surface area contributed by atoms with E-state index in [1.54, 1.807) is 0 Å². The number of fused-ring (bicyclic) bond motifs is 10. The molecule has 2 aliphatic heterocycles. The highest BCUT2D eigenvalue weighted by atomic mass is 15.2. The van der Waals surface area contributed by atoms with Crippen LogP contribution in [0.2, 0.25) is 0 Å². The van der Waals surface area contributed by atoms with Crippen molar-refractivity contribution < 1.29 is 0 Å². The average Bonchev–Trinajstić information content (AvgIpc) is 3.58. The molecule has 0 saturated heterocycles. The summed E-state index contributed by atoms with van der Waals surface area (Å²) in [5.41, 5.74) is 14.2. The number of rotatable bonds is 2. The molecule has 7 aromatic rings. The van der Waals surface area contributed by atoms with E-state index in [2.05, 4.69) is 148 Å².